The number of ether oxygens (including phenoxy) is 2. The smallest absolute Gasteiger partial charge is 0.266 e. The number of anilines is 1. The molecule has 0 atom stereocenters. The number of benzene rings is 4. The van der Waals surface area contributed by atoms with Gasteiger partial charge >= 0.3 is 0 Å². The average molecular weight is 489 g/mol. The zero-order valence-corrected chi connectivity index (χ0v) is 20.9. The van der Waals surface area contributed by atoms with Gasteiger partial charge in [0.1, 0.15) is 36.4 Å². The molecule has 0 aliphatic heterocycles. The summed E-state index contributed by atoms with van der Waals surface area (Å²) in [5.41, 5.74) is 5.68. The number of carbonyl (C=O) groups is 1. The highest BCUT2D eigenvalue weighted by Crippen LogP contribution is 2.23. The summed E-state index contributed by atoms with van der Waals surface area (Å²) < 4.78 is 11.8. The monoisotopic (exact) mass is 488 g/mol. The lowest BCUT2D eigenvalue weighted by atomic mass is 10.1. The van der Waals surface area contributed by atoms with E-state index in [-0.39, 0.29) is 5.57 Å². The van der Waals surface area contributed by atoms with Gasteiger partial charge in [0.05, 0.1) is 0 Å². The molecule has 1 amide bonds. The molecule has 0 spiro atoms. The second-order valence-electron chi connectivity index (χ2n) is 8.74. The Morgan fingerprint density at radius 3 is 2.27 bits per heavy atom. The van der Waals surface area contributed by atoms with Gasteiger partial charge in [-0.1, -0.05) is 77.9 Å². The van der Waals surface area contributed by atoms with Crippen molar-refractivity contribution in [2.24, 2.45) is 0 Å². The molecule has 37 heavy (non-hydrogen) atoms. The third-order valence-corrected chi connectivity index (χ3v) is 5.70. The number of para-hydroxylation sites is 1. The lowest BCUT2D eigenvalue weighted by Gasteiger charge is -2.11. The Bertz CT molecular complexity index is 1430. The number of hydrogen-bond acceptors (Lipinski definition) is 4. The minimum absolute atomic E-state index is 0.0219. The molecule has 0 aliphatic rings. The van der Waals surface area contributed by atoms with Crippen molar-refractivity contribution in [2.45, 2.75) is 27.1 Å². The standard InChI is InChI=1S/C32H28N2O3/c1-23-10-12-25(13-11-23)21-36-30-16-14-29(15-17-30)34-32(35)28(20-33)19-27-8-3-4-9-31(27)37-22-26-7-5-6-24(2)18-26/h3-19H,21-22H2,1-2H3,(H,34,35)/b28-19+. The van der Waals surface area contributed by atoms with Gasteiger partial charge in [0.2, 0.25) is 0 Å². The van der Waals surface area contributed by atoms with Crippen LogP contribution in [-0.4, -0.2) is 5.91 Å². The predicted octanol–water partition coefficient (Wildman–Crippen LogP) is 7.01. The van der Waals surface area contributed by atoms with Crippen molar-refractivity contribution in [3.63, 3.8) is 0 Å². The van der Waals surface area contributed by atoms with E-state index in [2.05, 4.69) is 11.4 Å². The summed E-state index contributed by atoms with van der Waals surface area (Å²) in [5.74, 6) is 0.790. The van der Waals surface area contributed by atoms with Crippen LogP contribution in [-0.2, 0) is 18.0 Å². The van der Waals surface area contributed by atoms with Crippen LogP contribution in [0.25, 0.3) is 6.08 Å². The zero-order valence-electron chi connectivity index (χ0n) is 20.9. The summed E-state index contributed by atoms with van der Waals surface area (Å²) in [6.07, 6.45) is 1.54. The number of nitrogens with one attached hydrogen (secondary N) is 1. The summed E-state index contributed by atoms with van der Waals surface area (Å²) in [7, 11) is 0. The molecule has 0 bridgehead atoms. The molecule has 0 aliphatic carbocycles. The third kappa shape index (κ3) is 7.33. The van der Waals surface area contributed by atoms with E-state index in [0.29, 0.717) is 36.0 Å². The maximum absolute atomic E-state index is 12.8. The van der Waals surface area contributed by atoms with Crippen molar-refractivity contribution in [3.8, 4) is 17.6 Å². The van der Waals surface area contributed by atoms with E-state index in [1.165, 1.54) is 5.56 Å². The topological polar surface area (TPSA) is 71.3 Å². The van der Waals surface area contributed by atoms with E-state index < -0.39 is 5.91 Å². The number of carbonyl (C=O) groups excluding carboxylic acids is 1. The second kappa shape index (κ2) is 12.2. The van der Waals surface area contributed by atoms with Crippen molar-refractivity contribution in [2.75, 3.05) is 5.32 Å². The van der Waals surface area contributed by atoms with E-state index in [9.17, 15) is 10.1 Å². The molecule has 5 heteroatoms. The molecule has 184 valence electrons. The Balaban J connectivity index is 1.39. The molecular formula is C32H28N2O3. The van der Waals surface area contributed by atoms with Crippen LogP contribution in [0.2, 0.25) is 0 Å². The number of amides is 1. The first kappa shape index (κ1) is 25.3. The van der Waals surface area contributed by atoms with Crippen LogP contribution >= 0.6 is 0 Å². The molecule has 1 N–H and O–H groups in total. The van der Waals surface area contributed by atoms with E-state index in [1.54, 1.807) is 30.3 Å². The molecule has 4 aromatic rings. The first-order chi connectivity index (χ1) is 18.0. The predicted molar refractivity (Wildman–Crippen MR) is 146 cm³/mol. The number of aryl methyl sites for hydroxylation is 2. The molecule has 4 aromatic carbocycles. The highest BCUT2D eigenvalue weighted by Gasteiger charge is 2.12. The largest absolute Gasteiger partial charge is 0.489 e. The van der Waals surface area contributed by atoms with Gasteiger partial charge in [-0.15, -0.1) is 0 Å². The fourth-order valence-electron chi connectivity index (χ4n) is 3.68. The van der Waals surface area contributed by atoms with Crippen LogP contribution < -0.4 is 14.8 Å². The fourth-order valence-corrected chi connectivity index (χ4v) is 3.68. The van der Waals surface area contributed by atoms with Crippen LogP contribution in [0.15, 0.2) is 103 Å². The maximum Gasteiger partial charge on any atom is 0.266 e. The van der Waals surface area contributed by atoms with Gasteiger partial charge in [-0.2, -0.15) is 5.26 Å². The number of nitrogens with zero attached hydrogens (tertiary/aromatic N) is 1. The molecule has 5 nitrogen and oxygen atoms in total. The number of hydrogen-bond donors (Lipinski definition) is 1. The lowest BCUT2D eigenvalue weighted by molar-refractivity contribution is -0.112. The Morgan fingerprint density at radius 2 is 1.54 bits per heavy atom. The van der Waals surface area contributed by atoms with Gasteiger partial charge in [-0.05, 0) is 61.4 Å². The summed E-state index contributed by atoms with van der Waals surface area (Å²) in [4.78, 5) is 12.8. The number of rotatable bonds is 9. The normalized spacial score (nSPS) is 10.9. The van der Waals surface area contributed by atoms with Crippen LogP contribution in [0.3, 0.4) is 0 Å². The van der Waals surface area contributed by atoms with Crippen molar-refractivity contribution in [1.82, 2.24) is 0 Å². The van der Waals surface area contributed by atoms with Gasteiger partial charge in [0.25, 0.3) is 5.91 Å². The molecule has 0 heterocycles. The Morgan fingerprint density at radius 1 is 0.811 bits per heavy atom. The van der Waals surface area contributed by atoms with Gasteiger partial charge in [-0.25, -0.2) is 0 Å². The maximum atomic E-state index is 12.8. The van der Waals surface area contributed by atoms with Crippen molar-refractivity contribution in [1.29, 1.82) is 5.26 Å². The Kier molecular flexibility index (Phi) is 8.36. The molecule has 0 unspecified atom stereocenters. The van der Waals surface area contributed by atoms with E-state index in [4.69, 9.17) is 9.47 Å². The second-order valence-corrected chi connectivity index (χ2v) is 8.74. The van der Waals surface area contributed by atoms with Gasteiger partial charge < -0.3 is 14.8 Å². The minimum Gasteiger partial charge on any atom is -0.489 e. The molecule has 4 rings (SSSR count). The zero-order chi connectivity index (χ0) is 26.0. The quantitative estimate of drug-likeness (QED) is 0.203. The van der Waals surface area contributed by atoms with E-state index >= 15 is 0 Å². The van der Waals surface area contributed by atoms with Crippen molar-refractivity contribution in [3.05, 3.63) is 130 Å². The molecule has 0 fully saturated rings. The number of nitriles is 1. The van der Waals surface area contributed by atoms with Crippen LogP contribution in [0.5, 0.6) is 11.5 Å². The fraction of sp³-hybridized carbons (Fsp3) is 0.125. The van der Waals surface area contributed by atoms with Crippen LogP contribution in [0.4, 0.5) is 5.69 Å². The first-order valence-electron chi connectivity index (χ1n) is 12.0. The molecule has 0 saturated heterocycles. The summed E-state index contributed by atoms with van der Waals surface area (Å²) in [6.45, 7) is 4.92. The molecule has 0 saturated carbocycles. The van der Waals surface area contributed by atoms with Gasteiger partial charge in [0.15, 0.2) is 0 Å². The van der Waals surface area contributed by atoms with Gasteiger partial charge in [0, 0.05) is 11.3 Å². The van der Waals surface area contributed by atoms with E-state index in [1.807, 2.05) is 86.6 Å². The van der Waals surface area contributed by atoms with Crippen molar-refractivity contribution < 1.29 is 14.3 Å². The van der Waals surface area contributed by atoms with E-state index in [0.717, 1.165) is 16.7 Å². The van der Waals surface area contributed by atoms with Crippen LogP contribution in [0.1, 0.15) is 27.8 Å². The Labute approximate surface area is 217 Å². The van der Waals surface area contributed by atoms with Gasteiger partial charge in [-0.3, -0.25) is 4.79 Å². The SMILES string of the molecule is Cc1ccc(COc2ccc(NC(=O)/C(C#N)=C/c3ccccc3OCc3cccc(C)c3)cc2)cc1. The lowest BCUT2D eigenvalue weighted by Crippen LogP contribution is -2.13. The Hall–Kier alpha value is -4.82. The highest BCUT2D eigenvalue weighted by atomic mass is 16.5. The summed E-state index contributed by atoms with van der Waals surface area (Å²) in [5, 5.41) is 12.4. The molecular weight excluding hydrogens is 460 g/mol. The summed E-state index contributed by atoms with van der Waals surface area (Å²) in [6, 6.07) is 32.6. The third-order valence-electron chi connectivity index (χ3n) is 5.70. The highest BCUT2D eigenvalue weighted by molar-refractivity contribution is 6.09. The molecule has 0 aromatic heterocycles. The first-order valence-corrected chi connectivity index (χ1v) is 12.0. The minimum atomic E-state index is -0.496. The molecule has 0 radical (unpaired) electrons. The summed E-state index contributed by atoms with van der Waals surface area (Å²) >= 11 is 0. The average Bonchev–Trinajstić information content (AvgIpc) is 2.91. The van der Waals surface area contributed by atoms with Crippen molar-refractivity contribution >= 4 is 17.7 Å². The van der Waals surface area contributed by atoms with Crippen LogP contribution in [0, 0.1) is 25.2 Å².